The topological polar surface area (TPSA) is 38.5 Å². The van der Waals surface area contributed by atoms with Crippen LogP contribution in [-0.2, 0) is 4.74 Å². The molecule has 1 saturated heterocycles. The summed E-state index contributed by atoms with van der Waals surface area (Å²) in [7, 11) is 2.10. The maximum absolute atomic E-state index is 5.99. The van der Waals surface area contributed by atoms with E-state index in [1.807, 2.05) is 18.2 Å². The van der Waals surface area contributed by atoms with Crippen molar-refractivity contribution in [3.05, 3.63) is 33.3 Å². The van der Waals surface area contributed by atoms with Crippen molar-refractivity contribution < 1.29 is 4.74 Å². The molecule has 1 aromatic carbocycles. The van der Waals surface area contributed by atoms with Crippen LogP contribution in [0.2, 0.25) is 5.02 Å². The lowest BCUT2D eigenvalue weighted by Crippen LogP contribution is -2.36. The van der Waals surface area contributed by atoms with Gasteiger partial charge in [0, 0.05) is 35.2 Å². The van der Waals surface area contributed by atoms with Gasteiger partial charge in [-0.05, 0) is 37.6 Å². The molecular weight excluding hydrogens is 328 g/mol. The van der Waals surface area contributed by atoms with Gasteiger partial charge >= 0.3 is 0 Å². The number of nitrogens with zero attached hydrogens (tertiary/aromatic N) is 1. The second kappa shape index (κ2) is 7.04. The van der Waals surface area contributed by atoms with Crippen molar-refractivity contribution in [3.8, 4) is 0 Å². The third kappa shape index (κ3) is 3.92. The molecule has 0 aliphatic carbocycles. The lowest BCUT2D eigenvalue weighted by atomic mass is 10.1. The number of hydrogen-bond donors (Lipinski definition) is 1. The van der Waals surface area contributed by atoms with Gasteiger partial charge in [0.15, 0.2) is 0 Å². The zero-order chi connectivity index (χ0) is 13.8. The first-order chi connectivity index (χ1) is 9.11. The van der Waals surface area contributed by atoms with Crippen LogP contribution in [-0.4, -0.2) is 37.7 Å². The Balaban J connectivity index is 2.09. The van der Waals surface area contributed by atoms with Crippen molar-refractivity contribution in [2.24, 2.45) is 5.73 Å². The Morgan fingerprint density at radius 2 is 2.37 bits per heavy atom. The Labute approximate surface area is 128 Å². The number of rotatable bonds is 5. The number of likely N-dealkylation sites (N-methyl/N-ethyl adjacent to an activating group) is 1. The summed E-state index contributed by atoms with van der Waals surface area (Å²) in [6.45, 7) is 2.37. The number of hydrogen-bond acceptors (Lipinski definition) is 3. The molecule has 0 amide bonds. The first kappa shape index (κ1) is 15.3. The minimum atomic E-state index is 0.177. The van der Waals surface area contributed by atoms with Crippen LogP contribution in [0, 0.1) is 0 Å². The predicted molar refractivity (Wildman–Crippen MR) is 82.6 cm³/mol. The first-order valence-electron chi connectivity index (χ1n) is 6.58. The molecule has 106 valence electrons. The van der Waals surface area contributed by atoms with Crippen LogP contribution in [0.1, 0.15) is 24.4 Å². The molecule has 2 rings (SSSR count). The molecule has 1 heterocycles. The van der Waals surface area contributed by atoms with Gasteiger partial charge in [0.25, 0.3) is 0 Å². The van der Waals surface area contributed by atoms with E-state index in [1.54, 1.807) is 0 Å². The molecule has 1 aliphatic rings. The van der Waals surface area contributed by atoms with Crippen LogP contribution < -0.4 is 5.73 Å². The van der Waals surface area contributed by atoms with Crippen LogP contribution in [0.4, 0.5) is 0 Å². The fraction of sp³-hybridized carbons (Fsp3) is 0.571. The van der Waals surface area contributed by atoms with E-state index >= 15 is 0 Å². The van der Waals surface area contributed by atoms with Gasteiger partial charge in [-0.15, -0.1) is 0 Å². The quantitative estimate of drug-likeness (QED) is 0.889. The number of ether oxygens (including phenoxy) is 1. The molecule has 1 fully saturated rings. The fourth-order valence-corrected chi connectivity index (χ4v) is 3.50. The minimum absolute atomic E-state index is 0.177. The van der Waals surface area contributed by atoms with Gasteiger partial charge in [-0.25, -0.2) is 0 Å². The van der Waals surface area contributed by atoms with Crippen molar-refractivity contribution in [3.63, 3.8) is 0 Å². The van der Waals surface area contributed by atoms with Gasteiger partial charge in [0.05, 0.1) is 6.10 Å². The van der Waals surface area contributed by atoms with Crippen LogP contribution in [0.5, 0.6) is 0 Å². The normalized spacial score (nSPS) is 21.0. The Hall–Kier alpha value is -0.130. The molecule has 1 aliphatic heterocycles. The monoisotopic (exact) mass is 346 g/mol. The van der Waals surface area contributed by atoms with E-state index in [0.717, 1.165) is 35.5 Å². The van der Waals surface area contributed by atoms with Gasteiger partial charge in [-0.1, -0.05) is 33.6 Å². The molecule has 3 nitrogen and oxygen atoms in total. The minimum Gasteiger partial charge on any atom is -0.377 e. The van der Waals surface area contributed by atoms with Crippen LogP contribution in [0.15, 0.2) is 22.7 Å². The van der Waals surface area contributed by atoms with Crippen molar-refractivity contribution >= 4 is 27.5 Å². The smallest absolute Gasteiger partial charge is 0.0702 e. The lowest BCUT2D eigenvalue weighted by Gasteiger charge is -2.30. The van der Waals surface area contributed by atoms with E-state index in [1.165, 1.54) is 5.56 Å². The maximum atomic E-state index is 5.99. The molecule has 0 aromatic heterocycles. The molecule has 1 aromatic rings. The summed E-state index contributed by atoms with van der Waals surface area (Å²) in [6.07, 6.45) is 2.64. The second-order valence-electron chi connectivity index (χ2n) is 4.99. The van der Waals surface area contributed by atoms with Gasteiger partial charge in [-0.2, -0.15) is 0 Å². The summed E-state index contributed by atoms with van der Waals surface area (Å²) in [6, 6.07) is 6.04. The van der Waals surface area contributed by atoms with Crippen LogP contribution in [0.25, 0.3) is 0 Å². The molecule has 2 N–H and O–H groups in total. The Morgan fingerprint density at radius 1 is 1.58 bits per heavy atom. The Kier molecular flexibility index (Phi) is 5.66. The highest BCUT2D eigenvalue weighted by molar-refractivity contribution is 9.10. The van der Waals surface area contributed by atoms with E-state index < -0.39 is 0 Å². The number of benzene rings is 1. The SMILES string of the molecule is CN(CC1CCCO1)C(CN)c1ccc(Cl)cc1Br. The molecule has 0 spiro atoms. The zero-order valence-electron chi connectivity index (χ0n) is 11.1. The molecule has 0 bridgehead atoms. The van der Waals surface area contributed by atoms with Crippen molar-refractivity contribution in [1.82, 2.24) is 4.90 Å². The van der Waals surface area contributed by atoms with Gasteiger partial charge in [0.2, 0.25) is 0 Å². The van der Waals surface area contributed by atoms with Crippen molar-refractivity contribution in [2.45, 2.75) is 25.0 Å². The van der Waals surface area contributed by atoms with Crippen LogP contribution >= 0.6 is 27.5 Å². The molecular formula is C14H20BrClN2O. The van der Waals surface area contributed by atoms with Crippen molar-refractivity contribution in [1.29, 1.82) is 0 Å². The van der Waals surface area contributed by atoms with E-state index in [4.69, 9.17) is 22.1 Å². The Bertz CT molecular complexity index is 424. The average molecular weight is 348 g/mol. The Morgan fingerprint density at radius 3 is 2.95 bits per heavy atom. The summed E-state index contributed by atoms with van der Waals surface area (Å²) < 4.78 is 6.70. The molecule has 0 saturated carbocycles. The summed E-state index contributed by atoms with van der Waals surface area (Å²) in [5.74, 6) is 0. The van der Waals surface area contributed by atoms with E-state index in [2.05, 4.69) is 27.9 Å². The van der Waals surface area contributed by atoms with Gasteiger partial charge in [-0.3, -0.25) is 4.90 Å². The summed E-state index contributed by atoms with van der Waals surface area (Å²) in [4.78, 5) is 2.27. The van der Waals surface area contributed by atoms with Gasteiger partial charge in [0.1, 0.15) is 0 Å². The highest BCUT2D eigenvalue weighted by Gasteiger charge is 2.23. The summed E-state index contributed by atoms with van der Waals surface area (Å²) >= 11 is 9.56. The second-order valence-corrected chi connectivity index (χ2v) is 6.28. The zero-order valence-corrected chi connectivity index (χ0v) is 13.5. The molecule has 19 heavy (non-hydrogen) atoms. The molecule has 5 heteroatoms. The van der Waals surface area contributed by atoms with Crippen LogP contribution in [0.3, 0.4) is 0 Å². The van der Waals surface area contributed by atoms with Crippen molar-refractivity contribution in [2.75, 3.05) is 26.7 Å². The number of halogens is 2. The first-order valence-corrected chi connectivity index (χ1v) is 7.75. The van der Waals surface area contributed by atoms with E-state index in [9.17, 15) is 0 Å². The lowest BCUT2D eigenvalue weighted by molar-refractivity contribution is 0.0688. The van der Waals surface area contributed by atoms with Gasteiger partial charge < -0.3 is 10.5 Å². The fourth-order valence-electron chi connectivity index (χ4n) is 2.55. The summed E-state index contributed by atoms with van der Waals surface area (Å²) in [5.41, 5.74) is 7.12. The molecule has 2 unspecified atom stereocenters. The third-order valence-electron chi connectivity index (χ3n) is 3.59. The maximum Gasteiger partial charge on any atom is 0.0702 e. The predicted octanol–water partition coefficient (Wildman–Crippen LogP) is 3.21. The third-order valence-corrected chi connectivity index (χ3v) is 4.51. The average Bonchev–Trinajstić information content (AvgIpc) is 2.85. The van der Waals surface area contributed by atoms with E-state index in [-0.39, 0.29) is 6.04 Å². The standard InChI is InChI=1S/C14H20BrClN2O/c1-18(9-11-3-2-6-19-11)14(8-17)12-5-4-10(16)7-13(12)15/h4-5,7,11,14H,2-3,6,8-9,17H2,1H3. The van der Waals surface area contributed by atoms with E-state index in [0.29, 0.717) is 12.6 Å². The molecule has 2 atom stereocenters. The summed E-state index contributed by atoms with van der Waals surface area (Å²) in [5, 5.41) is 0.730. The number of nitrogens with two attached hydrogens (primary N) is 1. The highest BCUT2D eigenvalue weighted by Crippen LogP contribution is 2.29. The highest BCUT2D eigenvalue weighted by atomic mass is 79.9. The largest absolute Gasteiger partial charge is 0.377 e. The molecule has 0 radical (unpaired) electrons.